The predicted octanol–water partition coefficient (Wildman–Crippen LogP) is 1.85. The van der Waals surface area contributed by atoms with E-state index in [-0.39, 0.29) is 6.67 Å². The number of halogens is 1. The molecule has 5 heteroatoms. The molecule has 0 N–H and O–H groups in total. The predicted molar refractivity (Wildman–Crippen MR) is 67.4 cm³/mol. The molecule has 4 nitrogen and oxygen atoms in total. The molecule has 0 aliphatic carbocycles. The van der Waals surface area contributed by atoms with Crippen LogP contribution in [0.3, 0.4) is 0 Å². The highest BCUT2D eigenvalue weighted by molar-refractivity contribution is 5.04. The van der Waals surface area contributed by atoms with Gasteiger partial charge in [-0.2, -0.15) is 0 Å². The summed E-state index contributed by atoms with van der Waals surface area (Å²) in [6, 6.07) is 0.447. The fraction of sp³-hybridized carbons (Fsp3) is 0.692. The number of ether oxygens (including phenoxy) is 1. The molecule has 1 aromatic rings. The second-order valence-electron chi connectivity index (χ2n) is 4.85. The Kier molecular flexibility index (Phi) is 4.87. The summed E-state index contributed by atoms with van der Waals surface area (Å²) in [4.78, 5) is 10.5. The van der Waals surface area contributed by atoms with Gasteiger partial charge in [-0.3, -0.25) is 4.39 Å². The van der Waals surface area contributed by atoms with Gasteiger partial charge in [-0.15, -0.1) is 0 Å². The summed E-state index contributed by atoms with van der Waals surface area (Å²) in [6.45, 7) is 5.26. The number of hydrogen-bond acceptors (Lipinski definition) is 4. The average molecular weight is 253 g/mol. The highest BCUT2D eigenvalue weighted by atomic mass is 19.1. The first-order valence-corrected chi connectivity index (χ1v) is 6.47. The third-order valence-electron chi connectivity index (χ3n) is 3.18. The van der Waals surface area contributed by atoms with Crippen LogP contribution in [0, 0.1) is 12.8 Å². The monoisotopic (exact) mass is 253 g/mol. The molecular formula is C13H20FN3O. The summed E-state index contributed by atoms with van der Waals surface area (Å²) < 4.78 is 17.7. The van der Waals surface area contributed by atoms with E-state index >= 15 is 0 Å². The molecule has 1 aliphatic rings. The van der Waals surface area contributed by atoms with Crippen LogP contribution in [0.25, 0.3) is 0 Å². The Balaban J connectivity index is 1.70. The summed E-state index contributed by atoms with van der Waals surface area (Å²) in [5, 5.41) is 0. The van der Waals surface area contributed by atoms with Crippen LogP contribution in [0.2, 0.25) is 0 Å². The molecule has 0 saturated carbocycles. The third kappa shape index (κ3) is 3.91. The van der Waals surface area contributed by atoms with Crippen LogP contribution in [0.4, 0.5) is 4.39 Å². The Morgan fingerprint density at radius 2 is 2.22 bits per heavy atom. The zero-order valence-electron chi connectivity index (χ0n) is 10.8. The number of hydrogen-bond donors (Lipinski definition) is 0. The van der Waals surface area contributed by atoms with Crippen molar-refractivity contribution in [3.05, 3.63) is 18.0 Å². The first-order chi connectivity index (χ1) is 8.78. The lowest BCUT2D eigenvalue weighted by Crippen LogP contribution is -2.24. The van der Waals surface area contributed by atoms with Crippen LogP contribution in [-0.2, 0) is 0 Å². The number of aryl methyl sites for hydroxylation is 1. The Labute approximate surface area is 107 Å². The lowest BCUT2D eigenvalue weighted by Gasteiger charge is -2.14. The number of rotatable bonds is 6. The van der Waals surface area contributed by atoms with E-state index in [2.05, 4.69) is 14.9 Å². The summed E-state index contributed by atoms with van der Waals surface area (Å²) >= 11 is 0. The highest BCUT2D eigenvalue weighted by Crippen LogP contribution is 2.17. The van der Waals surface area contributed by atoms with Gasteiger partial charge in [0.1, 0.15) is 0 Å². The van der Waals surface area contributed by atoms with Crippen LogP contribution in [-0.4, -0.2) is 47.8 Å². The first-order valence-electron chi connectivity index (χ1n) is 6.47. The average Bonchev–Trinajstić information content (AvgIpc) is 2.84. The van der Waals surface area contributed by atoms with E-state index in [0.717, 1.165) is 31.6 Å². The van der Waals surface area contributed by atoms with Crippen molar-refractivity contribution in [2.24, 2.45) is 5.92 Å². The molecule has 0 aromatic carbocycles. The quantitative estimate of drug-likeness (QED) is 0.775. The lowest BCUT2D eigenvalue weighted by molar-refractivity contribution is 0.224. The van der Waals surface area contributed by atoms with E-state index in [1.54, 1.807) is 12.4 Å². The van der Waals surface area contributed by atoms with Crippen LogP contribution in [0.5, 0.6) is 6.01 Å². The Morgan fingerprint density at radius 1 is 1.44 bits per heavy atom. The molecule has 100 valence electrons. The van der Waals surface area contributed by atoms with E-state index in [9.17, 15) is 4.39 Å². The molecule has 18 heavy (non-hydrogen) atoms. The molecule has 2 rings (SSSR count). The summed E-state index contributed by atoms with van der Waals surface area (Å²) in [5.41, 5.74) is 1.03. The minimum absolute atomic E-state index is 0.227. The lowest BCUT2D eigenvalue weighted by atomic mass is 10.1. The van der Waals surface area contributed by atoms with Gasteiger partial charge in [-0.25, -0.2) is 9.97 Å². The van der Waals surface area contributed by atoms with Gasteiger partial charge in [-0.05, 0) is 31.9 Å². The molecule has 0 amide bonds. The highest BCUT2D eigenvalue weighted by Gasteiger charge is 2.22. The van der Waals surface area contributed by atoms with Crippen molar-refractivity contribution in [2.75, 3.05) is 32.9 Å². The standard InChI is InChI=1S/C13H20FN3O/c1-11-7-15-13(16-8-11)18-10-12-3-6-17(9-12)5-2-4-14/h7-8,12H,2-6,9-10H2,1H3. The molecule has 0 radical (unpaired) electrons. The van der Waals surface area contributed by atoms with Gasteiger partial charge in [0, 0.05) is 31.4 Å². The van der Waals surface area contributed by atoms with Crippen molar-refractivity contribution in [3.63, 3.8) is 0 Å². The largest absolute Gasteiger partial charge is 0.463 e. The zero-order chi connectivity index (χ0) is 12.8. The molecule has 1 atom stereocenters. The second-order valence-corrected chi connectivity index (χ2v) is 4.85. The van der Waals surface area contributed by atoms with E-state index in [1.807, 2.05) is 6.92 Å². The molecule has 0 spiro atoms. The number of nitrogens with zero attached hydrogens (tertiary/aromatic N) is 3. The SMILES string of the molecule is Cc1cnc(OCC2CCN(CCCF)C2)nc1. The maximum Gasteiger partial charge on any atom is 0.316 e. The first kappa shape index (κ1) is 13.2. The van der Waals surface area contributed by atoms with Crippen molar-refractivity contribution in [1.82, 2.24) is 14.9 Å². The molecule has 1 fully saturated rings. The van der Waals surface area contributed by atoms with Gasteiger partial charge in [0.2, 0.25) is 0 Å². The second kappa shape index (κ2) is 6.64. The molecule has 0 bridgehead atoms. The fourth-order valence-electron chi connectivity index (χ4n) is 2.18. The molecular weight excluding hydrogens is 233 g/mol. The van der Waals surface area contributed by atoms with Crippen molar-refractivity contribution in [3.8, 4) is 6.01 Å². The summed E-state index contributed by atoms with van der Waals surface area (Å²) in [6.07, 6.45) is 5.25. The number of alkyl halides is 1. The minimum atomic E-state index is -0.227. The topological polar surface area (TPSA) is 38.2 Å². The number of likely N-dealkylation sites (tertiary alicyclic amines) is 1. The molecule has 1 saturated heterocycles. The van der Waals surface area contributed by atoms with E-state index in [1.165, 1.54) is 0 Å². The molecule has 1 aromatic heterocycles. The molecule has 1 unspecified atom stereocenters. The van der Waals surface area contributed by atoms with Gasteiger partial charge in [0.25, 0.3) is 0 Å². The molecule has 1 aliphatic heterocycles. The fourth-order valence-corrected chi connectivity index (χ4v) is 2.18. The number of aromatic nitrogens is 2. The zero-order valence-corrected chi connectivity index (χ0v) is 10.8. The van der Waals surface area contributed by atoms with Gasteiger partial charge in [0.05, 0.1) is 13.3 Å². The van der Waals surface area contributed by atoms with E-state index < -0.39 is 0 Å². The van der Waals surface area contributed by atoms with Gasteiger partial charge < -0.3 is 9.64 Å². The van der Waals surface area contributed by atoms with Crippen LogP contribution in [0.15, 0.2) is 12.4 Å². The van der Waals surface area contributed by atoms with Gasteiger partial charge in [-0.1, -0.05) is 0 Å². The third-order valence-corrected chi connectivity index (χ3v) is 3.18. The Bertz CT molecular complexity index is 358. The maximum absolute atomic E-state index is 12.1. The van der Waals surface area contributed by atoms with Gasteiger partial charge >= 0.3 is 6.01 Å². The van der Waals surface area contributed by atoms with E-state index in [4.69, 9.17) is 4.74 Å². The summed E-state index contributed by atoms with van der Waals surface area (Å²) in [5.74, 6) is 0.509. The maximum atomic E-state index is 12.1. The van der Waals surface area contributed by atoms with Crippen LogP contribution in [0.1, 0.15) is 18.4 Å². The molecule has 2 heterocycles. The van der Waals surface area contributed by atoms with E-state index in [0.29, 0.717) is 25.0 Å². The van der Waals surface area contributed by atoms with Crippen molar-refractivity contribution < 1.29 is 9.13 Å². The van der Waals surface area contributed by atoms with Crippen molar-refractivity contribution in [2.45, 2.75) is 19.8 Å². The Morgan fingerprint density at radius 3 is 2.94 bits per heavy atom. The minimum Gasteiger partial charge on any atom is -0.463 e. The van der Waals surface area contributed by atoms with Crippen molar-refractivity contribution >= 4 is 0 Å². The Hall–Kier alpha value is -1.23. The van der Waals surface area contributed by atoms with Crippen molar-refractivity contribution in [1.29, 1.82) is 0 Å². The normalized spacial score (nSPS) is 20.2. The smallest absolute Gasteiger partial charge is 0.316 e. The van der Waals surface area contributed by atoms with Crippen LogP contribution < -0.4 is 4.74 Å². The summed E-state index contributed by atoms with van der Waals surface area (Å²) in [7, 11) is 0. The van der Waals surface area contributed by atoms with Crippen LogP contribution >= 0.6 is 0 Å². The van der Waals surface area contributed by atoms with Gasteiger partial charge in [0.15, 0.2) is 0 Å².